The van der Waals surface area contributed by atoms with Crippen LogP contribution in [0.5, 0.6) is 0 Å². The number of aromatic nitrogens is 1. The summed E-state index contributed by atoms with van der Waals surface area (Å²) in [5.41, 5.74) is 16.7. The summed E-state index contributed by atoms with van der Waals surface area (Å²) in [4.78, 5) is 4.88. The molecule has 10 aromatic rings. The monoisotopic (exact) mass is 805 g/mol. The number of nitrogens with zero attached hydrogens (tertiary/aromatic N) is 3. The van der Waals surface area contributed by atoms with Gasteiger partial charge in [0.25, 0.3) is 0 Å². The van der Waals surface area contributed by atoms with Crippen LogP contribution in [0.25, 0.3) is 60.9 Å². The van der Waals surface area contributed by atoms with Gasteiger partial charge in [-0.15, -0.1) is 0 Å². The number of para-hydroxylation sites is 3. The van der Waals surface area contributed by atoms with Crippen LogP contribution in [0.3, 0.4) is 0 Å². The third-order valence-electron chi connectivity index (χ3n) is 12.9. The van der Waals surface area contributed by atoms with E-state index in [9.17, 15) is 0 Å². The molecule has 3 heteroatoms. The van der Waals surface area contributed by atoms with Crippen molar-refractivity contribution < 1.29 is 0 Å². The van der Waals surface area contributed by atoms with Crippen molar-refractivity contribution in [2.24, 2.45) is 0 Å². The van der Waals surface area contributed by atoms with Crippen LogP contribution in [-0.2, 0) is 0 Å². The molecule has 9 aromatic carbocycles. The molecule has 2 aliphatic rings. The van der Waals surface area contributed by atoms with Crippen molar-refractivity contribution in [1.29, 1.82) is 0 Å². The summed E-state index contributed by atoms with van der Waals surface area (Å²) in [5.74, 6) is 0.263. The average molecular weight is 806 g/mol. The second kappa shape index (κ2) is 15.4. The Morgan fingerprint density at radius 1 is 0.397 bits per heavy atom. The maximum atomic E-state index is 2.49. The first kappa shape index (κ1) is 36.7. The van der Waals surface area contributed by atoms with E-state index >= 15 is 0 Å². The van der Waals surface area contributed by atoms with Gasteiger partial charge < -0.3 is 14.4 Å². The summed E-state index contributed by atoms with van der Waals surface area (Å²) < 4.78 is 2.48. The Kier molecular flexibility index (Phi) is 8.97. The van der Waals surface area contributed by atoms with Gasteiger partial charge in [0, 0.05) is 56.4 Å². The molecule has 2 atom stereocenters. The Labute approximate surface area is 368 Å². The number of anilines is 5. The molecule has 0 N–H and O–H groups in total. The van der Waals surface area contributed by atoms with Gasteiger partial charge in [0.05, 0.1) is 17.3 Å². The summed E-state index contributed by atoms with van der Waals surface area (Å²) >= 11 is 0. The van der Waals surface area contributed by atoms with Crippen LogP contribution in [0.4, 0.5) is 28.4 Å². The zero-order chi connectivity index (χ0) is 41.7. The molecule has 0 amide bonds. The number of fused-ring (bicyclic) bond motifs is 6. The predicted octanol–water partition coefficient (Wildman–Crippen LogP) is 16.0. The first-order valence-corrected chi connectivity index (χ1v) is 21.9. The SMILES string of the molecule is C1=CC2c3cc(N(c4ccccc4)c4ccc(-c5cccc6c5ccc5c(-c7ccccc7)c(-c7ccccc7)n(-c7ccccc7)c56)cc4)ccc3N(c3ccccc3)C2C=C1. The fourth-order valence-corrected chi connectivity index (χ4v) is 10.2. The second-order valence-electron chi connectivity index (χ2n) is 16.4. The van der Waals surface area contributed by atoms with E-state index in [1.54, 1.807) is 0 Å². The lowest BCUT2D eigenvalue weighted by Crippen LogP contribution is -2.28. The van der Waals surface area contributed by atoms with Gasteiger partial charge in [-0.1, -0.05) is 182 Å². The van der Waals surface area contributed by atoms with E-state index in [-0.39, 0.29) is 12.0 Å². The van der Waals surface area contributed by atoms with Crippen molar-refractivity contribution in [1.82, 2.24) is 4.57 Å². The number of allylic oxidation sites excluding steroid dienone is 2. The minimum atomic E-state index is 0.236. The minimum absolute atomic E-state index is 0.236. The number of hydrogen-bond donors (Lipinski definition) is 0. The van der Waals surface area contributed by atoms with Gasteiger partial charge in [-0.3, -0.25) is 0 Å². The van der Waals surface area contributed by atoms with Crippen LogP contribution >= 0.6 is 0 Å². The summed E-state index contributed by atoms with van der Waals surface area (Å²) in [6.45, 7) is 0. The van der Waals surface area contributed by atoms with Crippen molar-refractivity contribution in [2.75, 3.05) is 9.80 Å². The molecule has 0 bridgehead atoms. The van der Waals surface area contributed by atoms with Gasteiger partial charge >= 0.3 is 0 Å². The topological polar surface area (TPSA) is 11.4 Å². The lowest BCUT2D eigenvalue weighted by atomic mass is 9.91. The normalized spacial score (nSPS) is 15.1. The summed E-state index contributed by atoms with van der Waals surface area (Å²) in [6, 6.07) is 81.9. The summed E-state index contributed by atoms with van der Waals surface area (Å²) in [5, 5.41) is 3.67. The molecule has 0 fully saturated rings. The molecule has 1 aliphatic heterocycles. The smallest absolute Gasteiger partial charge is 0.0629 e. The number of hydrogen-bond acceptors (Lipinski definition) is 2. The molecular formula is C60H43N3. The highest BCUT2D eigenvalue weighted by molar-refractivity contribution is 6.18. The highest BCUT2D eigenvalue weighted by Gasteiger charge is 2.38. The van der Waals surface area contributed by atoms with E-state index in [2.05, 4.69) is 263 Å². The molecule has 3 nitrogen and oxygen atoms in total. The van der Waals surface area contributed by atoms with E-state index < -0.39 is 0 Å². The molecular weight excluding hydrogens is 763 g/mol. The molecule has 63 heavy (non-hydrogen) atoms. The lowest BCUT2D eigenvalue weighted by molar-refractivity contribution is 0.745. The molecule has 2 unspecified atom stereocenters. The van der Waals surface area contributed by atoms with Gasteiger partial charge in [0.15, 0.2) is 0 Å². The molecule has 1 aliphatic carbocycles. The van der Waals surface area contributed by atoms with Gasteiger partial charge in [0.1, 0.15) is 0 Å². The van der Waals surface area contributed by atoms with Gasteiger partial charge in [-0.25, -0.2) is 0 Å². The first-order valence-electron chi connectivity index (χ1n) is 21.9. The largest absolute Gasteiger partial charge is 0.333 e. The Morgan fingerprint density at radius 2 is 0.984 bits per heavy atom. The van der Waals surface area contributed by atoms with Crippen molar-refractivity contribution >= 4 is 50.1 Å². The molecule has 2 heterocycles. The highest BCUT2D eigenvalue weighted by atomic mass is 15.2. The van der Waals surface area contributed by atoms with Crippen LogP contribution in [0, 0.1) is 0 Å². The predicted molar refractivity (Wildman–Crippen MR) is 265 cm³/mol. The van der Waals surface area contributed by atoms with Crippen LogP contribution in [0.15, 0.2) is 249 Å². The van der Waals surface area contributed by atoms with Crippen molar-refractivity contribution in [2.45, 2.75) is 12.0 Å². The first-order chi connectivity index (χ1) is 31.3. The van der Waals surface area contributed by atoms with Gasteiger partial charge in [-0.05, 0) is 99.9 Å². The minimum Gasteiger partial charge on any atom is -0.333 e. The standard InChI is InChI=1S/C60H43N3/c1-6-19-43(20-7-1)58-54-39-38-51-50(30-18-31-53(51)60(54)63(47-27-14-5-15-28-47)59(58)44-21-8-2-9-22-44)42-33-35-48(36-34-42)61(45-23-10-3-11-24-45)49-37-40-57-55(41-49)52-29-16-17-32-56(52)62(57)46-25-12-4-13-26-46/h1-41,52,56H. The third-order valence-corrected chi connectivity index (χ3v) is 12.9. The zero-order valence-corrected chi connectivity index (χ0v) is 34.7. The fraction of sp³-hybridized carbons (Fsp3) is 0.0333. The summed E-state index contributed by atoms with van der Waals surface area (Å²) in [7, 11) is 0. The third kappa shape index (κ3) is 6.20. The Balaban J connectivity index is 0.998. The maximum absolute atomic E-state index is 2.49. The quantitative estimate of drug-likeness (QED) is 0.152. The Hall–Kier alpha value is -8.14. The molecule has 0 saturated heterocycles. The van der Waals surface area contributed by atoms with Crippen LogP contribution in [0.1, 0.15) is 11.5 Å². The van der Waals surface area contributed by atoms with Crippen LogP contribution < -0.4 is 9.80 Å². The van der Waals surface area contributed by atoms with Crippen LogP contribution in [-0.4, -0.2) is 10.6 Å². The molecule has 1 aromatic heterocycles. The van der Waals surface area contributed by atoms with E-state index in [4.69, 9.17) is 0 Å². The molecule has 0 spiro atoms. The van der Waals surface area contributed by atoms with Gasteiger partial charge in [-0.2, -0.15) is 0 Å². The van der Waals surface area contributed by atoms with E-state index in [0.29, 0.717) is 0 Å². The second-order valence-corrected chi connectivity index (χ2v) is 16.4. The highest BCUT2D eigenvalue weighted by Crippen LogP contribution is 2.51. The summed E-state index contributed by atoms with van der Waals surface area (Å²) in [6.07, 6.45) is 9.08. The molecule has 12 rings (SSSR count). The number of benzene rings is 9. The zero-order valence-electron chi connectivity index (χ0n) is 34.7. The molecule has 0 saturated carbocycles. The van der Waals surface area contributed by atoms with E-state index in [0.717, 1.165) is 22.7 Å². The van der Waals surface area contributed by atoms with Crippen LogP contribution in [0.2, 0.25) is 0 Å². The van der Waals surface area contributed by atoms with E-state index in [1.807, 2.05) is 0 Å². The Morgan fingerprint density at radius 3 is 1.70 bits per heavy atom. The van der Waals surface area contributed by atoms with Crippen molar-refractivity contribution in [3.05, 3.63) is 254 Å². The van der Waals surface area contributed by atoms with E-state index in [1.165, 1.54) is 72.1 Å². The maximum Gasteiger partial charge on any atom is 0.0629 e. The van der Waals surface area contributed by atoms with Crippen molar-refractivity contribution in [3.8, 4) is 39.2 Å². The van der Waals surface area contributed by atoms with Crippen molar-refractivity contribution in [3.63, 3.8) is 0 Å². The number of rotatable bonds is 8. The molecule has 0 radical (unpaired) electrons. The Bertz CT molecular complexity index is 3320. The molecule has 298 valence electrons. The van der Waals surface area contributed by atoms with Gasteiger partial charge in [0.2, 0.25) is 0 Å². The lowest BCUT2D eigenvalue weighted by Gasteiger charge is -2.28. The fourth-order valence-electron chi connectivity index (χ4n) is 10.2. The average Bonchev–Trinajstić information content (AvgIpc) is 3.89.